The predicted molar refractivity (Wildman–Crippen MR) is 57.6 cm³/mol. The van der Waals surface area contributed by atoms with Gasteiger partial charge in [0.1, 0.15) is 17.2 Å². The highest BCUT2D eigenvalue weighted by atomic mass is 35.5. The van der Waals surface area contributed by atoms with E-state index in [1.165, 1.54) is 6.33 Å². The topological polar surface area (TPSA) is 55.6 Å². The molecule has 0 unspecified atom stereocenters. The summed E-state index contributed by atoms with van der Waals surface area (Å²) >= 11 is 5.89. The van der Waals surface area contributed by atoms with E-state index in [2.05, 4.69) is 20.4 Å². The average molecular weight is 224 g/mol. The fourth-order valence-corrected chi connectivity index (χ4v) is 1.36. The third-order valence-corrected chi connectivity index (χ3v) is 2.16. The van der Waals surface area contributed by atoms with Crippen molar-refractivity contribution in [1.82, 2.24) is 19.7 Å². The van der Waals surface area contributed by atoms with Crippen molar-refractivity contribution < 1.29 is 0 Å². The summed E-state index contributed by atoms with van der Waals surface area (Å²) in [5, 5.41) is 7.68. The Hall–Kier alpha value is -1.62. The lowest BCUT2D eigenvalue weighted by molar-refractivity contribution is 0.767. The van der Waals surface area contributed by atoms with Crippen molar-refractivity contribution >= 4 is 17.4 Å². The molecule has 0 aromatic carbocycles. The van der Waals surface area contributed by atoms with Crippen molar-refractivity contribution in [3.05, 3.63) is 35.5 Å². The van der Waals surface area contributed by atoms with Crippen LogP contribution in [0.15, 0.2) is 24.9 Å². The number of hydrogen-bond acceptors (Lipinski definition) is 4. The van der Waals surface area contributed by atoms with E-state index in [-0.39, 0.29) is 0 Å². The van der Waals surface area contributed by atoms with Crippen LogP contribution < -0.4 is 5.32 Å². The van der Waals surface area contributed by atoms with Crippen LogP contribution in [-0.2, 0) is 13.6 Å². The Balaban J connectivity index is 2.02. The van der Waals surface area contributed by atoms with Crippen LogP contribution >= 0.6 is 11.6 Å². The lowest BCUT2D eigenvalue weighted by Gasteiger charge is -2.04. The minimum atomic E-state index is 0.515. The number of hydrogen-bond donors (Lipinski definition) is 1. The maximum atomic E-state index is 5.89. The second kappa shape index (κ2) is 4.27. The highest BCUT2D eigenvalue weighted by molar-refractivity contribution is 6.32. The molecule has 0 fully saturated rings. The maximum absolute atomic E-state index is 5.89. The highest BCUT2D eigenvalue weighted by Gasteiger charge is 2.01. The molecule has 0 saturated heterocycles. The zero-order valence-corrected chi connectivity index (χ0v) is 8.94. The van der Waals surface area contributed by atoms with Gasteiger partial charge in [0.2, 0.25) is 0 Å². The number of aromatic nitrogens is 4. The number of anilines is 1. The molecular weight excluding hydrogens is 214 g/mol. The van der Waals surface area contributed by atoms with Crippen LogP contribution in [0.4, 0.5) is 5.82 Å². The van der Waals surface area contributed by atoms with Gasteiger partial charge in [-0.25, -0.2) is 9.97 Å². The Morgan fingerprint density at radius 2 is 2.33 bits per heavy atom. The van der Waals surface area contributed by atoms with Gasteiger partial charge >= 0.3 is 0 Å². The first-order chi connectivity index (χ1) is 7.25. The molecule has 0 radical (unpaired) electrons. The molecule has 2 rings (SSSR count). The van der Waals surface area contributed by atoms with Gasteiger partial charge in [-0.1, -0.05) is 11.6 Å². The van der Waals surface area contributed by atoms with Gasteiger partial charge in [-0.3, -0.25) is 4.68 Å². The van der Waals surface area contributed by atoms with Gasteiger partial charge in [-0.05, 0) is 0 Å². The average Bonchev–Trinajstić information content (AvgIpc) is 2.63. The second-order valence-corrected chi connectivity index (χ2v) is 3.50. The smallest absolute Gasteiger partial charge is 0.148 e. The molecule has 0 saturated carbocycles. The van der Waals surface area contributed by atoms with Gasteiger partial charge in [0.25, 0.3) is 0 Å². The van der Waals surface area contributed by atoms with E-state index in [0.717, 1.165) is 5.56 Å². The molecule has 6 heteroatoms. The minimum Gasteiger partial charge on any atom is -0.365 e. The molecule has 0 amide bonds. The quantitative estimate of drug-likeness (QED) is 0.856. The van der Waals surface area contributed by atoms with E-state index in [1.54, 1.807) is 17.1 Å². The van der Waals surface area contributed by atoms with Crippen molar-refractivity contribution in [2.24, 2.45) is 7.05 Å². The van der Waals surface area contributed by atoms with Crippen LogP contribution in [0.3, 0.4) is 0 Å². The van der Waals surface area contributed by atoms with E-state index in [4.69, 9.17) is 11.6 Å². The van der Waals surface area contributed by atoms with Crippen molar-refractivity contribution in [2.45, 2.75) is 6.54 Å². The third kappa shape index (κ3) is 2.44. The van der Waals surface area contributed by atoms with Crippen LogP contribution in [0, 0.1) is 0 Å². The molecule has 1 N–H and O–H groups in total. The van der Waals surface area contributed by atoms with Gasteiger partial charge in [0.15, 0.2) is 0 Å². The number of halogens is 1. The van der Waals surface area contributed by atoms with Gasteiger partial charge in [0, 0.05) is 25.4 Å². The number of nitrogens with zero attached hydrogens (tertiary/aromatic N) is 4. The molecule has 0 atom stereocenters. The standard InChI is InChI=1S/C9H10ClN5/c1-15-5-7(3-14-15)2-12-9-8(10)4-11-6-13-9/h3-6H,2H2,1H3,(H,11,12,13). The van der Waals surface area contributed by atoms with Gasteiger partial charge < -0.3 is 5.32 Å². The lowest BCUT2D eigenvalue weighted by Crippen LogP contribution is -2.01. The van der Waals surface area contributed by atoms with E-state index in [1.807, 2.05) is 13.2 Å². The first kappa shape index (κ1) is 9.92. The van der Waals surface area contributed by atoms with Crippen molar-refractivity contribution in [2.75, 3.05) is 5.32 Å². The largest absolute Gasteiger partial charge is 0.365 e. The molecular formula is C9H10ClN5. The third-order valence-electron chi connectivity index (χ3n) is 1.89. The Morgan fingerprint density at radius 1 is 1.47 bits per heavy atom. The predicted octanol–water partition coefficient (Wildman–Crippen LogP) is 1.48. The molecule has 0 aliphatic heterocycles. The lowest BCUT2D eigenvalue weighted by atomic mass is 10.3. The van der Waals surface area contributed by atoms with Crippen LogP contribution in [0.25, 0.3) is 0 Å². The van der Waals surface area contributed by atoms with E-state index in [9.17, 15) is 0 Å². The minimum absolute atomic E-state index is 0.515. The number of rotatable bonds is 3. The van der Waals surface area contributed by atoms with E-state index < -0.39 is 0 Å². The summed E-state index contributed by atoms with van der Waals surface area (Å²) in [6.45, 7) is 0.643. The molecule has 0 spiro atoms. The van der Waals surface area contributed by atoms with E-state index >= 15 is 0 Å². The zero-order chi connectivity index (χ0) is 10.7. The second-order valence-electron chi connectivity index (χ2n) is 3.10. The summed E-state index contributed by atoms with van der Waals surface area (Å²) in [6.07, 6.45) is 6.74. The van der Waals surface area contributed by atoms with Gasteiger partial charge in [-0.15, -0.1) is 0 Å². The Labute approximate surface area is 92.1 Å². The Bertz CT molecular complexity index is 453. The fourth-order valence-electron chi connectivity index (χ4n) is 1.19. The summed E-state index contributed by atoms with van der Waals surface area (Å²) in [7, 11) is 1.88. The molecule has 2 aromatic heterocycles. The summed E-state index contributed by atoms with van der Waals surface area (Å²) in [5.74, 6) is 0.635. The van der Waals surface area contributed by atoms with Crippen LogP contribution in [0.5, 0.6) is 0 Å². The molecule has 5 nitrogen and oxygen atoms in total. The fraction of sp³-hybridized carbons (Fsp3) is 0.222. The van der Waals surface area contributed by atoms with Gasteiger partial charge in [0.05, 0.1) is 12.4 Å². The van der Waals surface area contributed by atoms with Crippen LogP contribution in [0.1, 0.15) is 5.56 Å². The summed E-state index contributed by atoms with van der Waals surface area (Å²) in [5.41, 5.74) is 1.08. The number of aryl methyl sites for hydroxylation is 1. The van der Waals surface area contributed by atoms with Crippen molar-refractivity contribution in [1.29, 1.82) is 0 Å². The Morgan fingerprint density at radius 3 is 3.00 bits per heavy atom. The molecule has 0 aliphatic carbocycles. The highest BCUT2D eigenvalue weighted by Crippen LogP contribution is 2.16. The normalized spacial score (nSPS) is 10.3. The van der Waals surface area contributed by atoms with E-state index in [0.29, 0.717) is 17.4 Å². The maximum Gasteiger partial charge on any atom is 0.148 e. The first-order valence-electron chi connectivity index (χ1n) is 4.42. The zero-order valence-electron chi connectivity index (χ0n) is 8.18. The molecule has 0 aliphatic rings. The Kier molecular flexibility index (Phi) is 2.82. The molecule has 15 heavy (non-hydrogen) atoms. The summed E-state index contributed by atoms with van der Waals surface area (Å²) < 4.78 is 1.75. The SMILES string of the molecule is Cn1cc(CNc2ncncc2Cl)cn1. The summed E-state index contributed by atoms with van der Waals surface area (Å²) in [6, 6.07) is 0. The van der Waals surface area contributed by atoms with Gasteiger partial charge in [-0.2, -0.15) is 5.10 Å². The molecule has 2 heterocycles. The molecule has 2 aromatic rings. The number of nitrogens with one attached hydrogen (secondary N) is 1. The first-order valence-corrected chi connectivity index (χ1v) is 4.80. The molecule has 0 bridgehead atoms. The van der Waals surface area contributed by atoms with Crippen LogP contribution in [-0.4, -0.2) is 19.7 Å². The molecule has 78 valence electrons. The summed E-state index contributed by atoms with van der Waals surface area (Å²) in [4.78, 5) is 7.82. The van der Waals surface area contributed by atoms with Crippen molar-refractivity contribution in [3.63, 3.8) is 0 Å². The van der Waals surface area contributed by atoms with Crippen molar-refractivity contribution in [3.8, 4) is 0 Å². The monoisotopic (exact) mass is 223 g/mol. The van der Waals surface area contributed by atoms with Crippen LogP contribution in [0.2, 0.25) is 5.02 Å².